The summed E-state index contributed by atoms with van der Waals surface area (Å²) in [6, 6.07) is 17.7. The second-order valence-electron chi connectivity index (χ2n) is 6.95. The molecule has 4 aromatic rings. The summed E-state index contributed by atoms with van der Waals surface area (Å²) in [5.74, 6) is 1.17. The molecule has 2 N–H and O–H groups in total. The van der Waals surface area contributed by atoms with Gasteiger partial charge in [-0.2, -0.15) is 0 Å². The molecule has 0 fully saturated rings. The number of hydrogen-bond acceptors (Lipinski definition) is 6. The van der Waals surface area contributed by atoms with Crippen LogP contribution in [0.3, 0.4) is 0 Å². The maximum atomic E-state index is 12.6. The van der Waals surface area contributed by atoms with Crippen molar-refractivity contribution in [2.75, 3.05) is 18.5 Å². The Morgan fingerprint density at radius 3 is 2.66 bits per heavy atom. The summed E-state index contributed by atoms with van der Waals surface area (Å²) in [7, 11) is 0. The number of nitrogens with one attached hydrogen (secondary N) is 2. The molecule has 32 heavy (non-hydrogen) atoms. The number of thiocarbonyl (C=S) groups is 1. The van der Waals surface area contributed by atoms with Crippen LogP contribution in [-0.4, -0.2) is 29.2 Å². The SMILES string of the molecule is O=C(NC(=S)Nc1ccc(Cl)c(-c2nc3ccccc3o2)c1)c1ccc2c(c1)OCCO2. The van der Waals surface area contributed by atoms with Crippen LogP contribution in [0.2, 0.25) is 5.02 Å². The molecule has 7 nitrogen and oxygen atoms in total. The quantitative estimate of drug-likeness (QED) is 0.409. The number of halogens is 1. The second-order valence-corrected chi connectivity index (χ2v) is 7.76. The second kappa shape index (κ2) is 8.49. The Labute approximate surface area is 193 Å². The minimum Gasteiger partial charge on any atom is -0.486 e. The monoisotopic (exact) mass is 465 g/mol. The normalized spacial score (nSPS) is 12.4. The van der Waals surface area contributed by atoms with Gasteiger partial charge in [-0.05, 0) is 60.7 Å². The van der Waals surface area contributed by atoms with Crippen molar-refractivity contribution in [2.24, 2.45) is 0 Å². The average molecular weight is 466 g/mol. The molecule has 3 aromatic carbocycles. The van der Waals surface area contributed by atoms with Crippen LogP contribution < -0.4 is 20.1 Å². The van der Waals surface area contributed by atoms with Gasteiger partial charge in [0.25, 0.3) is 5.91 Å². The summed E-state index contributed by atoms with van der Waals surface area (Å²) in [5, 5.41) is 6.27. The van der Waals surface area contributed by atoms with Gasteiger partial charge in [0, 0.05) is 11.3 Å². The molecule has 1 aliphatic rings. The van der Waals surface area contributed by atoms with E-state index >= 15 is 0 Å². The zero-order valence-corrected chi connectivity index (χ0v) is 18.1. The number of ether oxygens (including phenoxy) is 2. The van der Waals surface area contributed by atoms with E-state index in [0.717, 1.165) is 5.52 Å². The standard InChI is InChI=1S/C23H16ClN3O4S/c24-16-7-6-14(12-15(16)22-26-17-3-1-2-4-18(17)31-22)25-23(32)27-21(28)13-5-8-19-20(11-13)30-10-9-29-19/h1-8,11-12H,9-10H2,(H2,25,27,28,32). The third-order valence-electron chi connectivity index (χ3n) is 4.78. The van der Waals surface area contributed by atoms with Gasteiger partial charge >= 0.3 is 0 Å². The molecule has 2 heterocycles. The molecule has 5 rings (SSSR count). The minimum atomic E-state index is -0.368. The van der Waals surface area contributed by atoms with Gasteiger partial charge in [0.1, 0.15) is 18.7 Å². The van der Waals surface area contributed by atoms with Crippen molar-refractivity contribution in [1.29, 1.82) is 0 Å². The van der Waals surface area contributed by atoms with Gasteiger partial charge in [-0.1, -0.05) is 23.7 Å². The van der Waals surface area contributed by atoms with E-state index < -0.39 is 0 Å². The van der Waals surface area contributed by atoms with Crippen LogP contribution in [0.25, 0.3) is 22.6 Å². The van der Waals surface area contributed by atoms with Gasteiger partial charge in [0.15, 0.2) is 22.2 Å². The van der Waals surface area contributed by atoms with Crippen molar-refractivity contribution in [1.82, 2.24) is 10.3 Å². The smallest absolute Gasteiger partial charge is 0.257 e. The highest BCUT2D eigenvalue weighted by Crippen LogP contribution is 2.33. The van der Waals surface area contributed by atoms with E-state index in [4.69, 9.17) is 37.7 Å². The maximum absolute atomic E-state index is 12.6. The topological polar surface area (TPSA) is 85.6 Å². The summed E-state index contributed by atoms with van der Waals surface area (Å²) >= 11 is 11.7. The maximum Gasteiger partial charge on any atom is 0.257 e. The van der Waals surface area contributed by atoms with Crippen molar-refractivity contribution >= 4 is 51.6 Å². The number of carbonyl (C=O) groups excluding carboxylic acids is 1. The van der Waals surface area contributed by atoms with Gasteiger partial charge < -0.3 is 19.2 Å². The zero-order valence-electron chi connectivity index (χ0n) is 16.6. The molecule has 0 bridgehead atoms. The van der Waals surface area contributed by atoms with E-state index in [-0.39, 0.29) is 11.0 Å². The van der Waals surface area contributed by atoms with Crippen LogP contribution in [0.1, 0.15) is 10.4 Å². The number of benzene rings is 3. The molecule has 1 aliphatic heterocycles. The lowest BCUT2D eigenvalue weighted by atomic mass is 10.2. The predicted molar refractivity (Wildman–Crippen MR) is 126 cm³/mol. The molecular formula is C23H16ClN3O4S. The molecule has 0 saturated carbocycles. The number of hydrogen-bond donors (Lipinski definition) is 2. The summed E-state index contributed by atoms with van der Waals surface area (Å²) < 4.78 is 16.8. The van der Waals surface area contributed by atoms with Crippen LogP contribution in [0.4, 0.5) is 5.69 Å². The molecule has 0 unspecified atom stereocenters. The van der Waals surface area contributed by atoms with Gasteiger partial charge in [0.05, 0.1) is 10.6 Å². The fourth-order valence-corrected chi connectivity index (χ4v) is 3.69. The third-order valence-corrected chi connectivity index (χ3v) is 5.31. The van der Waals surface area contributed by atoms with Gasteiger partial charge in [-0.3, -0.25) is 10.1 Å². The highest BCUT2D eigenvalue weighted by molar-refractivity contribution is 7.80. The Bertz CT molecular complexity index is 1320. The van der Waals surface area contributed by atoms with E-state index in [1.165, 1.54) is 0 Å². The van der Waals surface area contributed by atoms with Crippen molar-refractivity contribution in [3.63, 3.8) is 0 Å². The van der Waals surface area contributed by atoms with E-state index in [9.17, 15) is 4.79 Å². The molecule has 160 valence electrons. The number of amides is 1. The van der Waals surface area contributed by atoms with Crippen molar-refractivity contribution in [3.8, 4) is 23.0 Å². The van der Waals surface area contributed by atoms with Crippen LogP contribution in [-0.2, 0) is 0 Å². The van der Waals surface area contributed by atoms with Crippen LogP contribution >= 0.6 is 23.8 Å². The van der Waals surface area contributed by atoms with Crippen LogP contribution in [0, 0.1) is 0 Å². The Morgan fingerprint density at radius 2 is 1.81 bits per heavy atom. The highest BCUT2D eigenvalue weighted by atomic mass is 35.5. The minimum absolute atomic E-state index is 0.135. The first-order valence-corrected chi connectivity index (χ1v) is 10.5. The average Bonchev–Trinajstić information content (AvgIpc) is 3.24. The Morgan fingerprint density at radius 1 is 1.00 bits per heavy atom. The molecule has 0 spiro atoms. The van der Waals surface area contributed by atoms with Gasteiger partial charge in [-0.15, -0.1) is 0 Å². The van der Waals surface area contributed by atoms with Crippen LogP contribution in [0.15, 0.2) is 65.1 Å². The van der Waals surface area contributed by atoms with Gasteiger partial charge in [0.2, 0.25) is 5.89 Å². The molecular weight excluding hydrogens is 450 g/mol. The molecule has 0 atom stereocenters. The Hall–Kier alpha value is -3.62. The Balaban J connectivity index is 1.31. The number of carbonyl (C=O) groups is 1. The van der Waals surface area contributed by atoms with E-state index in [1.54, 1.807) is 36.4 Å². The number of para-hydroxylation sites is 2. The number of oxazole rings is 1. The number of nitrogens with zero attached hydrogens (tertiary/aromatic N) is 1. The van der Waals surface area contributed by atoms with Crippen molar-refractivity contribution < 1.29 is 18.7 Å². The summed E-state index contributed by atoms with van der Waals surface area (Å²) in [4.78, 5) is 17.1. The highest BCUT2D eigenvalue weighted by Gasteiger charge is 2.17. The predicted octanol–water partition coefficient (Wildman–Crippen LogP) is 5.05. The zero-order chi connectivity index (χ0) is 22.1. The molecule has 1 aromatic heterocycles. The summed E-state index contributed by atoms with van der Waals surface area (Å²) in [6.07, 6.45) is 0. The number of anilines is 1. The van der Waals surface area contributed by atoms with Crippen molar-refractivity contribution in [3.05, 3.63) is 71.2 Å². The van der Waals surface area contributed by atoms with Crippen molar-refractivity contribution in [2.45, 2.75) is 0 Å². The lowest BCUT2D eigenvalue weighted by Crippen LogP contribution is -2.34. The van der Waals surface area contributed by atoms with Gasteiger partial charge in [-0.25, -0.2) is 4.98 Å². The van der Waals surface area contributed by atoms with E-state index in [0.29, 0.717) is 58.0 Å². The third kappa shape index (κ3) is 4.10. The Kier molecular flexibility index (Phi) is 5.38. The molecule has 0 saturated heterocycles. The fraction of sp³-hybridized carbons (Fsp3) is 0.0870. The number of rotatable bonds is 3. The summed E-state index contributed by atoms with van der Waals surface area (Å²) in [6.45, 7) is 0.927. The first-order chi connectivity index (χ1) is 15.6. The molecule has 1 amide bonds. The largest absolute Gasteiger partial charge is 0.486 e. The first kappa shape index (κ1) is 20.3. The molecule has 0 aliphatic carbocycles. The van der Waals surface area contributed by atoms with E-state index in [1.807, 2.05) is 24.3 Å². The summed E-state index contributed by atoms with van der Waals surface area (Å²) in [5.41, 5.74) is 3.04. The first-order valence-electron chi connectivity index (χ1n) is 9.74. The number of aromatic nitrogens is 1. The van der Waals surface area contributed by atoms with Crippen LogP contribution in [0.5, 0.6) is 11.5 Å². The lowest BCUT2D eigenvalue weighted by molar-refractivity contribution is 0.0976. The lowest BCUT2D eigenvalue weighted by Gasteiger charge is -2.18. The molecule has 0 radical (unpaired) electrons. The fourth-order valence-electron chi connectivity index (χ4n) is 3.28. The molecule has 9 heteroatoms. The van der Waals surface area contributed by atoms with E-state index in [2.05, 4.69) is 15.6 Å². The number of fused-ring (bicyclic) bond motifs is 2.